The van der Waals surface area contributed by atoms with Gasteiger partial charge in [0.1, 0.15) is 0 Å². The maximum Gasteiger partial charge on any atom is 0.0148 e. The summed E-state index contributed by atoms with van der Waals surface area (Å²) in [5.74, 6) is 0. The van der Waals surface area contributed by atoms with Gasteiger partial charge in [-0.15, -0.1) is 0 Å². The average Bonchev–Trinajstić information content (AvgIpc) is 2.70. The van der Waals surface area contributed by atoms with Gasteiger partial charge in [-0.05, 0) is 45.7 Å². The Bertz CT molecular complexity index is 146. The van der Waals surface area contributed by atoms with Gasteiger partial charge in [0, 0.05) is 18.6 Å². The van der Waals surface area contributed by atoms with Crippen molar-refractivity contribution in [2.24, 2.45) is 0 Å². The van der Waals surface area contributed by atoms with Gasteiger partial charge in [-0.1, -0.05) is 13.8 Å². The second kappa shape index (κ2) is 5.72. The molecule has 1 fully saturated rings. The first kappa shape index (κ1) is 12.0. The minimum absolute atomic E-state index is 0.361. The summed E-state index contributed by atoms with van der Waals surface area (Å²) in [4.78, 5) is 2.57. The third-order valence-electron chi connectivity index (χ3n) is 3.74. The van der Waals surface area contributed by atoms with Crippen LogP contribution >= 0.6 is 0 Å². The lowest BCUT2D eigenvalue weighted by Gasteiger charge is -2.29. The Morgan fingerprint density at radius 2 is 1.71 bits per heavy atom. The summed E-state index contributed by atoms with van der Waals surface area (Å²) in [5, 5.41) is 3.68. The first-order valence-electron chi connectivity index (χ1n) is 6.17. The van der Waals surface area contributed by atoms with Gasteiger partial charge in [0.15, 0.2) is 0 Å². The average molecular weight is 198 g/mol. The monoisotopic (exact) mass is 198 g/mol. The lowest BCUT2D eigenvalue weighted by Crippen LogP contribution is -2.44. The van der Waals surface area contributed by atoms with Crippen molar-refractivity contribution in [3.8, 4) is 0 Å². The van der Waals surface area contributed by atoms with Crippen molar-refractivity contribution in [2.45, 2.75) is 52.0 Å². The number of hydrogen-bond acceptors (Lipinski definition) is 2. The van der Waals surface area contributed by atoms with Crippen LogP contribution < -0.4 is 5.32 Å². The van der Waals surface area contributed by atoms with Crippen LogP contribution in [0.2, 0.25) is 0 Å². The Hall–Kier alpha value is -0.0800. The summed E-state index contributed by atoms with van der Waals surface area (Å²) in [6.07, 6.45) is 5.25. The van der Waals surface area contributed by atoms with Crippen LogP contribution in [0.5, 0.6) is 0 Å². The molecule has 1 aliphatic heterocycles. The number of hydrogen-bond donors (Lipinski definition) is 1. The van der Waals surface area contributed by atoms with E-state index in [1.165, 1.54) is 45.3 Å². The molecule has 0 aromatic heterocycles. The van der Waals surface area contributed by atoms with Gasteiger partial charge in [0.25, 0.3) is 0 Å². The van der Waals surface area contributed by atoms with E-state index in [0.29, 0.717) is 5.54 Å². The summed E-state index contributed by atoms with van der Waals surface area (Å²) >= 11 is 0. The summed E-state index contributed by atoms with van der Waals surface area (Å²) in [5.41, 5.74) is 0.361. The number of rotatable bonds is 6. The number of nitrogens with zero attached hydrogens (tertiary/aromatic N) is 1. The van der Waals surface area contributed by atoms with Gasteiger partial charge < -0.3 is 10.2 Å². The van der Waals surface area contributed by atoms with Crippen LogP contribution in [0.3, 0.4) is 0 Å². The number of nitrogens with one attached hydrogen (secondary N) is 1. The van der Waals surface area contributed by atoms with Gasteiger partial charge in [-0.3, -0.25) is 0 Å². The molecule has 1 saturated heterocycles. The van der Waals surface area contributed by atoms with Crippen LogP contribution in [0, 0.1) is 0 Å². The molecule has 0 unspecified atom stereocenters. The summed E-state index contributed by atoms with van der Waals surface area (Å²) in [6, 6.07) is 0. The molecule has 0 saturated carbocycles. The van der Waals surface area contributed by atoms with Crippen molar-refractivity contribution < 1.29 is 0 Å². The van der Waals surface area contributed by atoms with Crippen molar-refractivity contribution in [1.29, 1.82) is 0 Å². The molecule has 0 amide bonds. The molecule has 1 rings (SSSR count). The zero-order valence-corrected chi connectivity index (χ0v) is 10.1. The fraction of sp³-hybridized carbons (Fsp3) is 1.00. The zero-order valence-electron chi connectivity index (χ0n) is 10.1. The normalized spacial score (nSPS) is 19.1. The van der Waals surface area contributed by atoms with E-state index in [-0.39, 0.29) is 0 Å². The van der Waals surface area contributed by atoms with Crippen molar-refractivity contribution in [3.63, 3.8) is 0 Å². The van der Waals surface area contributed by atoms with E-state index in [2.05, 4.69) is 31.0 Å². The quantitative estimate of drug-likeness (QED) is 0.704. The molecule has 2 nitrogen and oxygen atoms in total. The van der Waals surface area contributed by atoms with E-state index in [4.69, 9.17) is 0 Å². The molecule has 2 heteroatoms. The molecule has 0 aromatic carbocycles. The second-order valence-electron chi connectivity index (χ2n) is 4.74. The highest BCUT2D eigenvalue weighted by Crippen LogP contribution is 2.13. The molecular formula is C12H26N2. The van der Waals surface area contributed by atoms with Crippen LogP contribution in [0.4, 0.5) is 0 Å². The molecule has 1 aliphatic rings. The molecule has 0 bridgehead atoms. The Kier molecular flexibility index (Phi) is 4.90. The zero-order chi connectivity index (χ0) is 10.4. The summed E-state index contributed by atoms with van der Waals surface area (Å²) in [7, 11) is 0. The van der Waals surface area contributed by atoms with Gasteiger partial charge in [-0.2, -0.15) is 0 Å². The Balaban J connectivity index is 2.12. The first-order valence-corrected chi connectivity index (χ1v) is 6.17. The standard InChI is InChI=1S/C12H26N2/c1-4-12(3,5-2)13-8-11-14-9-6-7-10-14/h13H,4-11H2,1-3H3. The maximum atomic E-state index is 3.68. The van der Waals surface area contributed by atoms with Crippen molar-refractivity contribution in [1.82, 2.24) is 10.2 Å². The van der Waals surface area contributed by atoms with E-state index < -0.39 is 0 Å². The van der Waals surface area contributed by atoms with Gasteiger partial charge in [0.05, 0.1) is 0 Å². The topological polar surface area (TPSA) is 15.3 Å². The van der Waals surface area contributed by atoms with E-state index >= 15 is 0 Å². The molecule has 0 radical (unpaired) electrons. The van der Waals surface area contributed by atoms with Crippen molar-refractivity contribution in [3.05, 3.63) is 0 Å². The van der Waals surface area contributed by atoms with E-state index in [1.54, 1.807) is 0 Å². The van der Waals surface area contributed by atoms with Crippen LogP contribution in [0.25, 0.3) is 0 Å². The van der Waals surface area contributed by atoms with E-state index in [1.807, 2.05) is 0 Å². The molecule has 0 spiro atoms. The highest BCUT2D eigenvalue weighted by Gasteiger charge is 2.18. The van der Waals surface area contributed by atoms with Gasteiger partial charge in [-0.25, -0.2) is 0 Å². The molecule has 0 atom stereocenters. The van der Waals surface area contributed by atoms with Crippen LogP contribution in [0.1, 0.15) is 46.5 Å². The Labute approximate surface area is 89.1 Å². The van der Waals surface area contributed by atoms with Gasteiger partial charge >= 0.3 is 0 Å². The minimum Gasteiger partial charge on any atom is -0.310 e. The van der Waals surface area contributed by atoms with E-state index in [9.17, 15) is 0 Å². The largest absolute Gasteiger partial charge is 0.310 e. The smallest absolute Gasteiger partial charge is 0.0148 e. The molecular weight excluding hydrogens is 172 g/mol. The predicted octanol–water partition coefficient (Wildman–Crippen LogP) is 2.25. The van der Waals surface area contributed by atoms with Crippen LogP contribution in [-0.2, 0) is 0 Å². The Morgan fingerprint density at radius 1 is 1.14 bits per heavy atom. The van der Waals surface area contributed by atoms with Crippen LogP contribution in [0.15, 0.2) is 0 Å². The Morgan fingerprint density at radius 3 is 2.21 bits per heavy atom. The fourth-order valence-electron chi connectivity index (χ4n) is 2.02. The summed E-state index contributed by atoms with van der Waals surface area (Å²) < 4.78 is 0. The SMILES string of the molecule is CCC(C)(CC)NCCN1CCCC1. The summed E-state index contributed by atoms with van der Waals surface area (Å²) in [6.45, 7) is 11.9. The highest BCUT2D eigenvalue weighted by molar-refractivity contribution is 4.80. The molecule has 0 aliphatic carbocycles. The minimum atomic E-state index is 0.361. The molecule has 1 heterocycles. The van der Waals surface area contributed by atoms with E-state index in [0.717, 1.165) is 6.54 Å². The van der Waals surface area contributed by atoms with Crippen LogP contribution in [-0.4, -0.2) is 36.6 Å². The van der Waals surface area contributed by atoms with Gasteiger partial charge in [0.2, 0.25) is 0 Å². The van der Waals surface area contributed by atoms with Crippen molar-refractivity contribution >= 4 is 0 Å². The van der Waals surface area contributed by atoms with Crippen molar-refractivity contribution in [2.75, 3.05) is 26.2 Å². The number of likely N-dealkylation sites (tertiary alicyclic amines) is 1. The molecule has 14 heavy (non-hydrogen) atoms. The maximum absolute atomic E-state index is 3.68. The fourth-order valence-corrected chi connectivity index (χ4v) is 2.02. The lowest BCUT2D eigenvalue weighted by molar-refractivity contribution is 0.283. The highest BCUT2D eigenvalue weighted by atomic mass is 15.2. The molecule has 0 aromatic rings. The molecule has 84 valence electrons. The first-order chi connectivity index (χ1) is 6.70. The predicted molar refractivity (Wildman–Crippen MR) is 62.7 cm³/mol. The second-order valence-corrected chi connectivity index (χ2v) is 4.74. The molecule has 1 N–H and O–H groups in total. The lowest BCUT2D eigenvalue weighted by atomic mass is 9.96. The third kappa shape index (κ3) is 3.58. The third-order valence-corrected chi connectivity index (χ3v) is 3.74.